The van der Waals surface area contributed by atoms with Crippen LogP contribution in [0.25, 0.3) is 0 Å². The number of carbonyl (C=O) groups excluding carboxylic acids is 1. The summed E-state index contributed by atoms with van der Waals surface area (Å²) < 4.78 is 21.4. The molecule has 0 spiro atoms. The minimum absolute atomic E-state index is 0.0406. The normalized spacial score (nSPS) is 15.5. The van der Waals surface area contributed by atoms with Gasteiger partial charge in [-0.1, -0.05) is 44.2 Å². The summed E-state index contributed by atoms with van der Waals surface area (Å²) in [6.45, 7) is 4.53. The summed E-state index contributed by atoms with van der Waals surface area (Å²) in [6, 6.07) is 13.9. The molecule has 3 aromatic rings. The highest BCUT2D eigenvalue weighted by atomic mass is 32.2. The smallest absolute Gasteiger partial charge is 0.163 e. The Hall–Kier alpha value is -2.73. The molecule has 1 aliphatic carbocycles. The predicted octanol–water partition coefficient (Wildman–Crippen LogP) is 4.88. The Morgan fingerprint density at radius 2 is 1.94 bits per heavy atom. The minimum Gasteiger partial charge on any atom is -0.484 e. The van der Waals surface area contributed by atoms with Gasteiger partial charge in [0.25, 0.3) is 0 Å². The summed E-state index contributed by atoms with van der Waals surface area (Å²) in [7, 11) is -1.04. The van der Waals surface area contributed by atoms with Crippen LogP contribution in [0.15, 0.2) is 61.2 Å². The molecule has 6 heteroatoms. The lowest BCUT2D eigenvalue weighted by molar-refractivity contribution is 0.0972. The molecule has 0 saturated heterocycles. The van der Waals surface area contributed by atoms with Gasteiger partial charge in [0, 0.05) is 46.0 Å². The zero-order chi connectivity index (χ0) is 21.8. The molecule has 1 aliphatic rings. The van der Waals surface area contributed by atoms with Crippen LogP contribution in [0.4, 0.5) is 0 Å². The van der Waals surface area contributed by atoms with Crippen LogP contribution >= 0.6 is 0 Å². The minimum atomic E-state index is -1.04. The number of rotatable bonds is 8. The van der Waals surface area contributed by atoms with E-state index in [-0.39, 0.29) is 17.1 Å². The van der Waals surface area contributed by atoms with E-state index in [0.717, 1.165) is 40.8 Å². The second-order valence-electron chi connectivity index (χ2n) is 8.20. The SMILES string of the molecule is CC(C)S(=O)Cc1c(OC(Cn2ccnc2)c2ccccc2)ccc2c1CCCC2=O. The number of benzene rings is 2. The average Bonchev–Trinajstić information content (AvgIpc) is 3.28. The molecule has 162 valence electrons. The predicted molar refractivity (Wildman–Crippen MR) is 123 cm³/mol. The first-order chi connectivity index (χ1) is 15.0. The van der Waals surface area contributed by atoms with E-state index < -0.39 is 10.8 Å². The lowest BCUT2D eigenvalue weighted by atomic mass is 9.87. The fraction of sp³-hybridized carbons (Fsp3) is 0.360. The van der Waals surface area contributed by atoms with Crippen LogP contribution in [0.3, 0.4) is 0 Å². The molecule has 0 amide bonds. The van der Waals surface area contributed by atoms with E-state index in [1.54, 1.807) is 12.5 Å². The Labute approximate surface area is 185 Å². The van der Waals surface area contributed by atoms with Crippen LogP contribution in [-0.2, 0) is 29.5 Å². The number of ketones is 1. The molecule has 2 aromatic carbocycles. The van der Waals surface area contributed by atoms with Gasteiger partial charge < -0.3 is 9.30 Å². The monoisotopic (exact) mass is 436 g/mol. The zero-order valence-electron chi connectivity index (χ0n) is 18.0. The van der Waals surface area contributed by atoms with Gasteiger partial charge in [-0.05, 0) is 36.1 Å². The van der Waals surface area contributed by atoms with E-state index >= 15 is 0 Å². The first-order valence-corrected chi connectivity index (χ1v) is 12.1. The quantitative estimate of drug-likeness (QED) is 0.505. The summed E-state index contributed by atoms with van der Waals surface area (Å²) in [5, 5.41) is 0.0406. The van der Waals surface area contributed by atoms with Crippen LogP contribution < -0.4 is 4.74 Å². The van der Waals surface area contributed by atoms with Crippen molar-refractivity contribution in [2.75, 3.05) is 0 Å². The number of carbonyl (C=O) groups is 1. The summed E-state index contributed by atoms with van der Waals surface area (Å²) in [4.78, 5) is 16.6. The molecule has 0 fully saturated rings. The van der Waals surface area contributed by atoms with Crippen molar-refractivity contribution in [2.45, 2.75) is 56.8 Å². The lowest BCUT2D eigenvalue weighted by Gasteiger charge is -2.26. The molecular weight excluding hydrogens is 408 g/mol. The van der Waals surface area contributed by atoms with Gasteiger partial charge in [-0.3, -0.25) is 9.00 Å². The summed E-state index contributed by atoms with van der Waals surface area (Å²) in [5.41, 5.74) is 3.75. The summed E-state index contributed by atoms with van der Waals surface area (Å²) >= 11 is 0. The first kappa shape index (κ1) is 21.5. The van der Waals surface area contributed by atoms with Crippen molar-refractivity contribution in [2.24, 2.45) is 0 Å². The van der Waals surface area contributed by atoms with Crippen LogP contribution in [0, 0.1) is 0 Å². The molecule has 0 radical (unpaired) electrons. The van der Waals surface area contributed by atoms with Crippen LogP contribution in [0.1, 0.15) is 59.8 Å². The molecule has 2 atom stereocenters. The molecule has 5 nitrogen and oxygen atoms in total. The van der Waals surface area contributed by atoms with Crippen molar-refractivity contribution in [3.63, 3.8) is 0 Å². The van der Waals surface area contributed by atoms with Gasteiger partial charge in [0.1, 0.15) is 11.9 Å². The maximum absolute atomic E-state index is 12.8. The van der Waals surface area contributed by atoms with Gasteiger partial charge in [-0.25, -0.2) is 4.98 Å². The highest BCUT2D eigenvalue weighted by molar-refractivity contribution is 7.84. The average molecular weight is 437 g/mol. The van der Waals surface area contributed by atoms with Crippen molar-refractivity contribution in [1.29, 1.82) is 0 Å². The number of nitrogens with zero attached hydrogens (tertiary/aromatic N) is 2. The van der Waals surface area contributed by atoms with Gasteiger partial charge in [0.15, 0.2) is 5.78 Å². The Bertz CT molecular complexity index is 1060. The van der Waals surface area contributed by atoms with Crippen molar-refractivity contribution in [1.82, 2.24) is 9.55 Å². The first-order valence-electron chi connectivity index (χ1n) is 10.8. The Kier molecular flexibility index (Phi) is 6.66. The van der Waals surface area contributed by atoms with E-state index in [0.29, 0.717) is 18.7 Å². The third kappa shape index (κ3) is 4.96. The van der Waals surface area contributed by atoms with E-state index in [1.165, 1.54) is 0 Å². The fourth-order valence-corrected chi connectivity index (χ4v) is 4.91. The standard InChI is InChI=1S/C25H28N2O3S/c1-18(2)31(29)16-22-20-9-6-10-23(28)21(20)11-12-24(22)30-25(15-27-14-13-26-17-27)19-7-4-3-5-8-19/h3-5,7-8,11-14,17-18,25H,6,9-10,15-16H2,1-2H3. The topological polar surface area (TPSA) is 61.2 Å². The van der Waals surface area contributed by atoms with Crippen LogP contribution in [-0.4, -0.2) is 24.8 Å². The molecule has 0 saturated carbocycles. The maximum Gasteiger partial charge on any atom is 0.163 e. The Morgan fingerprint density at radius 3 is 2.65 bits per heavy atom. The second-order valence-corrected chi connectivity index (χ2v) is 10.2. The largest absolute Gasteiger partial charge is 0.484 e. The zero-order valence-corrected chi connectivity index (χ0v) is 18.8. The van der Waals surface area contributed by atoms with E-state index in [1.807, 2.05) is 54.9 Å². The van der Waals surface area contributed by atoms with Gasteiger partial charge >= 0.3 is 0 Å². The molecule has 0 bridgehead atoms. The van der Waals surface area contributed by atoms with Crippen molar-refractivity contribution in [3.8, 4) is 5.75 Å². The third-order valence-electron chi connectivity index (χ3n) is 5.71. The van der Waals surface area contributed by atoms with E-state index in [2.05, 4.69) is 17.1 Å². The number of aromatic nitrogens is 2. The van der Waals surface area contributed by atoms with E-state index in [9.17, 15) is 9.00 Å². The molecule has 1 aromatic heterocycles. The van der Waals surface area contributed by atoms with Gasteiger partial charge in [0.05, 0.1) is 18.6 Å². The Morgan fingerprint density at radius 1 is 1.13 bits per heavy atom. The number of fused-ring (bicyclic) bond motifs is 1. The number of hydrogen-bond donors (Lipinski definition) is 0. The van der Waals surface area contributed by atoms with Crippen molar-refractivity contribution >= 4 is 16.6 Å². The van der Waals surface area contributed by atoms with Crippen LogP contribution in [0.2, 0.25) is 0 Å². The molecule has 4 rings (SSSR count). The number of imidazole rings is 1. The maximum atomic E-state index is 12.8. The lowest BCUT2D eigenvalue weighted by Crippen LogP contribution is -2.19. The molecular formula is C25H28N2O3S. The molecule has 2 unspecified atom stereocenters. The number of hydrogen-bond acceptors (Lipinski definition) is 4. The fourth-order valence-electron chi connectivity index (χ4n) is 3.97. The molecule has 0 aliphatic heterocycles. The third-order valence-corrected chi connectivity index (χ3v) is 7.33. The second kappa shape index (κ2) is 9.60. The van der Waals surface area contributed by atoms with Crippen molar-refractivity contribution in [3.05, 3.63) is 83.4 Å². The van der Waals surface area contributed by atoms with Gasteiger partial charge in [0.2, 0.25) is 0 Å². The van der Waals surface area contributed by atoms with Crippen LogP contribution in [0.5, 0.6) is 5.75 Å². The molecule has 31 heavy (non-hydrogen) atoms. The molecule has 0 N–H and O–H groups in total. The number of Topliss-reactive ketones (excluding diaryl/α,β-unsaturated/α-hetero) is 1. The number of ether oxygens (including phenoxy) is 1. The van der Waals surface area contributed by atoms with Gasteiger partial charge in [-0.2, -0.15) is 0 Å². The Balaban J connectivity index is 1.74. The highest BCUT2D eigenvalue weighted by Gasteiger charge is 2.26. The van der Waals surface area contributed by atoms with Crippen molar-refractivity contribution < 1.29 is 13.7 Å². The summed E-state index contributed by atoms with van der Waals surface area (Å²) in [5.74, 6) is 1.29. The highest BCUT2D eigenvalue weighted by Crippen LogP contribution is 2.35. The molecule has 1 heterocycles. The summed E-state index contributed by atoms with van der Waals surface area (Å²) in [6.07, 6.45) is 7.43. The van der Waals surface area contributed by atoms with E-state index in [4.69, 9.17) is 4.74 Å². The van der Waals surface area contributed by atoms with Gasteiger partial charge in [-0.15, -0.1) is 0 Å².